The van der Waals surface area contributed by atoms with Gasteiger partial charge < -0.3 is 19.5 Å². The average molecular weight is 407 g/mol. The zero-order chi connectivity index (χ0) is 21.3. The van der Waals surface area contributed by atoms with E-state index in [0.29, 0.717) is 37.2 Å². The highest BCUT2D eigenvalue weighted by Gasteiger charge is 2.48. The van der Waals surface area contributed by atoms with Gasteiger partial charge in [-0.25, -0.2) is 4.79 Å². The molecule has 1 N–H and O–H groups in total. The summed E-state index contributed by atoms with van der Waals surface area (Å²) >= 11 is 0. The third-order valence-electron chi connectivity index (χ3n) is 5.78. The Labute approximate surface area is 175 Å². The van der Waals surface area contributed by atoms with Crippen molar-refractivity contribution in [1.82, 2.24) is 4.90 Å². The molecule has 156 valence electrons. The van der Waals surface area contributed by atoms with Crippen LogP contribution >= 0.6 is 0 Å². The van der Waals surface area contributed by atoms with Gasteiger partial charge in [0.05, 0.1) is 11.1 Å². The number of nitrogens with zero attached hydrogens (tertiary/aromatic N) is 1. The van der Waals surface area contributed by atoms with Gasteiger partial charge in [-0.1, -0.05) is 36.4 Å². The van der Waals surface area contributed by atoms with E-state index in [1.54, 1.807) is 11.0 Å². The van der Waals surface area contributed by atoms with E-state index in [1.807, 2.05) is 49.4 Å². The first kappa shape index (κ1) is 20.0. The molecule has 1 fully saturated rings. The van der Waals surface area contributed by atoms with Crippen molar-refractivity contribution >= 4 is 17.6 Å². The van der Waals surface area contributed by atoms with Gasteiger partial charge in [-0.15, -0.1) is 0 Å². The number of piperidine rings is 1. The van der Waals surface area contributed by atoms with E-state index < -0.39 is 11.7 Å². The Kier molecular flexibility index (Phi) is 5.24. The Bertz CT molecular complexity index is 1000. The average Bonchev–Trinajstić information content (AvgIpc) is 2.72. The number of likely N-dealkylation sites (tertiary alicyclic amines) is 1. The highest BCUT2D eigenvalue weighted by Crippen LogP contribution is 2.45. The number of aliphatic hydroxyl groups excluding tert-OH is 1. The number of aryl methyl sites for hydroxylation is 1. The van der Waals surface area contributed by atoms with Crippen LogP contribution in [0.4, 0.5) is 4.79 Å². The van der Waals surface area contributed by atoms with Gasteiger partial charge in [-0.2, -0.15) is 0 Å². The maximum atomic E-state index is 12.5. The molecule has 2 aliphatic rings. The summed E-state index contributed by atoms with van der Waals surface area (Å²) in [6.07, 6.45) is 0.415. The first-order valence-electron chi connectivity index (χ1n) is 10.1. The summed E-state index contributed by atoms with van der Waals surface area (Å²) in [5.74, 6) is 0.320. The molecule has 0 radical (unpaired) electrons. The number of hydrogen-bond acceptors (Lipinski definition) is 5. The molecule has 0 aliphatic carbocycles. The number of carbonyl (C=O) groups excluding carboxylic acids is 2. The van der Waals surface area contributed by atoms with Crippen molar-refractivity contribution in [2.24, 2.45) is 0 Å². The lowest BCUT2D eigenvalue weighted by Gasteiger charge is -2.44. The zero-order valence-corrected chi connectivity index (χ0v) is 17.2. The molecule has 1 saturated heterocycles. The third-order valence-corrected chi connectivity index (χ3v) is 5.78. The van der Waals surface area contributed by atoms with E-state index in [-0.39, 0.29) is 23.7 Å². The monoisotopic (exact) mass is 407 g/mol. The Balaban J connectivity index is 1.50. The number of rotatable bonds is 3. The Morgan fingerprint density at radius 3 is 2.50 bits per heavy atom. The SMILES string of the molecule is CC(=O)C1=C(O)c2ccc(C)cc2OC12CCN(C(=O)OCc1ccccc1)CC2. The van der Waals surface area contributed by atoms with Crippen LogP contribution in [-0.2, 0) is 16.1 Å². The van der Waals surface area contributed by atoms with E-state index >= 15 is 0 Å². The van der Waals surface area contributed by atoms with Gasteiger partial charge in [0.1, 0.15) is 23.7 Å². The molecule has 0 saturated carbocycles. The standard InChI is InChI=1S/C24H25NO5/c1-16-8-9-19-20(14-16)30-24(21(17(2)26)22(19)27)10-12-25(13-11-24)23(28)29-15-18-6-4-3-5-7-18/h3-9,14,27H,10-13,15H2,1-2H3. The minimum absolute atomic E-state index is 0.0242. The molecule has 30 heavy (non-hydrogen) atoms. The number of ketones is 1. The van der Waals surface area contributed by atoms with Crippen molar-refractivity contribution in [3.05, 3.63) is 70.8 Å². The normalized spacial score (nSPS) is 17.3. The van der Waals surface area contributed by atoms with Crippen LogP contribution in [-0.4, -0.2) is 40.6 Å². The van der Waals surface area contributed by atoms with E-state index in [2.05, 4.69) is 0 Å². The number of Topliss-reactive ketones (excluding diaryl/α,β-unsaturated/α-hetero) is 1. The fourth-order valence-corrected chi connectivity index (χ4v) is 4.22. The van der Waals surface area contributed by atoms with E-state index in [9.17, 15) is 14.7 Å². The van der Waals surface area contributed by atoms with Crippen LogP contribution in [0.2, 0.25) is 0 Å². The Hall–Kier alpha value is -3.28. The van der Waals surface area contributed by atoms with Crippen molar-refractivity contribution in [1.29, 1.82) is 0 Å². The van der Waals surface area contributed by atoms with Crippen molar-refractivity contribution in [2.45, 2.75) is 38.9 Å². The van der Waals surface area contributed by atoms with Crippen molar-refractivity contribution in [2.75, 3.05) is 13.1 Å². The molecule has 2 aliphatic heterocycles. The van der Waals surface area contributed by atoms with Gasteiger partial charge in [0.25, 0.3) is 0 Å². The van der Waals surface area contributed by atoms with E-state index in [1.165, 1.54) is 6.92 Å². The van der Waals surface area contributed by atoms with Crippen molar-refractivity contribution < 1.29 is 24.2 Å². The predicted molar refractivity (Wildman–Crippen MR) is 112 cm³/mol. The molecule has 2 aromatic carbocycles. The molecular weight excluding hydrogens is 382 g/mol. The summed E-state index contributed by atoms with van der Waals surface area (Å²) < 4.78 is 11.8. The highest BCUT2D eigenvalue weighted by atomic mass is 16.6. The van der Waals surface area contributed by atoms with Gasteiger partial charge in [0.2, 0.25) is 0 Å². The van der Waals surface area contributed by atoms with Gasteiger partial charge in [0.15, 0.2) is 5.78 Å². The van der Waals surface area contributed by atoms with Crippen LogP contribution in [0.3, 0.4) is 0 Å². The van der Waals surface area contributed by atoms with Crippen LogP contribution < -0.4 is 4.74 Å². The minimum Gasteiger partial charge on any atom is -0.507 e. The second-order valence-corrected chi connectivity index (χ2v) is 7.90. The zero-order valence-electron chi connectivity index (χ0n) is 17.2. The second-order valence-electron chi connectivity index (χ2n) is 7.90. The quantitative estimate of drug-likeness (QED) is 0.815. The number of hydrogen-bond donors (Lipinski definition) is 1. The summed E-state index contributed by atoms with van der Waals surface area (Å²) in [6, 6.07) is 15.0. The van der Waals surface area contributed by atoms with Crippen molar-refractivity contribution in [3.8, 4) is 5.75 Å². The van der Waals surface area contributed by atoms with Crippen LogP contribution in [0.5, 0.6) is 5.75 Å². The summed E-state index contributed by atoms with van der Waals surface area (Å²) in [6.45, 7) is 4.35. The number of ether oxygens (including phenoxy) is 2. The fraction of sp³-hybridized carbons (Fsp3) is 0.333. The van der Waals surface area contributed by atoms with Crippen LogP contribution in [0.25, 0.3) is 5.76 Å². The largest absolute Gasteiger partial charge is 0.507 e. The molecule has 4 rings (SSSR count). The van der Waals surface area contributed by atoms with E-state index in [4.69, 9.17) is 9.47 Å². The lowest BCUT2D eigenvalue weighted by Crippen LogP contribution is -2.53. The smallest absolute Gasteiger partial charge is 0.410 e. The lowest BCUT2D eigenvalue weighted by molar-refractivity contribution is -0.116. The first-order chi connectivity index (χ1) is 14.4. The lowest BCUT2D eigenvalue weighted by atomic mass is 9.78. The third kappa shape index (κ3) is 3.65. The molecule has 2 heterocycles. The van der Waals surface area contributed by atoms with Crippen molar-refractivity contribution in [3.63, 3.8) is 0 Å². The summed E-state index contributed by atoms with van der Waals surface area (Å²) in [7, 11) is 0. The summed E-state index contributed by atoms with van der Waals surface area (Å²) in [5.41, 5.74) is 1.81. The van der Waals surface area contributed by atoms with Gasteiger partial charge in [-0.05, 0) is 37.1 Å². The summed E-state index contributed by atoms with van der Waals surface area (Å²) in [5, 5.41) is 10.9. The van der Waals surface area contributed by atoms with Crippen LogP contribution in [0.15, 0.2) is 54.1 Å². The number of amides is 1. The second kappa shape index (κ2) is 7.86. The number of carbonyl (C=O) groups is 2. The molecule has 6 heteroatoms. The molecule has 1 spiro atoms. The molecule has 6 nitrogen and oxygen atoms in total. The van der Waals surface area contributed by atoms with Gasteiger partial charge in [-0.3, -0.25) is 4.79 Å². The molecule has 0 unspecified atom stereocenters. The van der Waals surface area contributed by atoms with Gasteiger partial charge in [0, 0.05) is 25.9 Å². The van der Waals surface area contributed by atoms with E-state index in [0.717, 1.165) is 11.1 Å². The Morgan fingerprint density at radius 1 is 1.13 bits per heavy atom. The molecule has 1 amide bonds. The molecule has 0 bridgehead atoms. The Morgan fingerprint density at radius 2 is 1.83 bits per heavy atom. The summed E-state index contributed by atoms with van der Waals surface area (Å²) in [4.78, 5) is 26.6. The molecule has 2 aromatic rings. The highest BCUT2D eigenvalue weighted by molar-refractivity contribution is 6.03. The molecular formula is C24H25NO5. The fourth-order valence-electron chi connectivity index (χ4n) is 4.22. The molecule has 0 aromatic heterocycles. The van der Waals surface area contributed by atoms with Crippen LogP contribution in [0, 0.1) is 6.92 Å². The number of benzene rings is 2. The first-order valence-corrected chi connectivity index (χ1v) is 10.1. The molecule has 0 atom stereocenters. The maximum absolute atomic E-state index is 12.5. The predicted octanol–water partition coefficient (Wildman–Crippen LogP) is 4.42. The number of aliphatic hydroxyl groups is 1. The topological polar surface area (TPSA) is 76.1 Å². The van der Waals surface area contributed by atoms with Gasteiger partial charge >= 0.3 is 6.09 Å². The maximum Gasteiger partial charge on any atom is 0.410 e. The number of fused-ring (bicyclic) bond motifs is 1. The minimum atomic E-state index is -0.938. The van der Waals surface area contributed by atoms with Crippen LogP contribution in [0.1, 0.15) is 36.5 Å².